The number of nitrogens with zero attached hydrogens (tertiary/aromatic N) is 3. The van der Waals surface area contributed by atoms with Gasteiger partial charge in [-0.2, -0.15) is 0 Å². The molecule has 0 radical (unpaired) electrons. The van der Waals surface area contributed by atoms with Crippen LogP contribution in [0.2, 0.25) is 0 Å². The second-order valence-corrected chi connectivity index (χ2v) is 5.25. The number of nitrogens with one attached hydrogen (secondary N) is 1. The number of benzene rings is 1. The third-order valence-corrected chi connectivity index (χ3v) is 3.81. The molecule has 24 heavy (non-hydrogen) atoms. The third-order valence-electron chi connectivity index (χ3n) is 3.81. The van der Waals surface area contributed by atoms with E-state index in [1.54, 1.807) is 0 Å². The van der Waals surface area contributed by atoms with Gasteiger partial charge in [-0.1, -0.05) is 0 Å². The van der Waals surface area contributed by atoms with Crippen molar-refractivity contribution in [2.45, 2.75) is 30.6 Å². The van der Waals surface area contributed by atoms with Gasteiger partial charge in [-0.05, 0) is 16.4 Å². The van der Waals surface area contributed by atoms with Crippen LogP contribution in [-0.2, 0) is 4.74 Å². The Kier molecular flexibility index (Phi) is 4.29. The predicted octanol–water partition coefficient (Wildman–Crippen LogP) is -1.66. The van der Waals surface area contributed by atoms with Gasteiger partial charge in [-0.3, -0.25) is 10.1 Å². The molecule has 1 fully saturated rings. The van der Waals surface area contributed by atoms with Crippen molar-refractivity contribution in [3.8, 4) is 0 Å². The predicted molar refractivity (Wildman–Crippen MR) is 75.8 cm³/mol. The van der Waals surface area contributed by atoms with Crippen molar-refractivity contribution >= 4 is 22.4 Å². The molecule has 0 unspecified atom stereocenters. The van der Waals surface area contributed by atoms with E-state index in [9.17, 15) is 25.4 Å². The van der Waals surface area contributed by atoms with Gasteiger partial charge >= 0.3 is 5.69 Å². The van der Waals surface area contributed by atoms with Crippen molar-refractivity contribution in [2.75, 3.05) is 11.9 Å². The Balaban J connectivity index is 1.91. The molecule has 2 aromatic rings. The van der Waals surface area contributed by atoms with E-state index in [4.69, 9.17) is 9.84 Å². The summed E-state index contributed by atoms with van der Waals surface area (Å²) in [5.41, 5.74) is -0.238. The molecule has 0 amide bonds. The number of aromatic nitrogens is 2. The normalized spacial score (nSPS) is 30.4. The smallest absolute Gasteiger partial charge is 0.300 e. The molecule has 3 rings (SSSR count). The molecule has 12 nitrogen and oxygen atoms in total. The number of hydrogen-bond donors (Lipinski definition) is 5. The van der Waals surface area contributed by atoms with Crippen LogP contribution in [0.4, 0.5) is 11.4 Å². The lowest BCUT2D eigenvalue weighted by atomic mass is 9.96. The number of rotatable bonds is 4. The summed E-state index contributed by atoms with van der Waals surface area (Å²) >= 11 is 0. The van der Waals surface area contributed by atoms with E-state index in [0.717, 1.165) is 6.07 Å². The first kappa shape index (κ1) is 16.5. The molecule has 5 N–H and O–H groups in total. The maximum atomic E-state index is 10.9. The van der Waals surface area contributed by atoms with E-state index in [1.807, 2.05) is 0 Å². The van der Waals surface area contributed by atoms with Gasteiger partial charge in [0.2, 0.25) is 5.52 Å². The van der Waals surface area contributed by atoms with Gasteiger partial charge < -0.3 is 30.5 Å². The Morgan fingerprint density at radius 2 is 1.92 bits per heavy atom. The fourth-order valence-corrected chi connectivity index (χ4v) is 2.55. The summed E-state index contributed by atoms with van der Waals surface area (Å²) < 4.78 is 9.54. The van der Waals surface area contributed by atoms with E-state index in [0.29, 0.717) is 0 Å². The first-order valence-electron chi connectivity index (χ1n) is 6.90. The summed E-state index contributed by atoms with van der Waals surface area (Å²) in [6, 6.07) is 1.28. The summed E-state index contributed by atoms with van der Waals surface area (Å²) in [4.78, 5) is 10.3. The number of fused-ring (bicyclic) bond motifs is 1. The molecule has 2 heterocycles. The lowest BCUT2D eigenvalue weighted by Gasteiger charge is -2.40. The highest BCUT2D eigenvalue weighted by Crippen LogP contribution is 2.31. The zero-order valence-corrected chi connectivity index (χ0v) is 12.0. The summed E-state index contributed by atoms with van der Waals surface area (Å²) in [5, 5.41) is 59.7. The molecule has 0 bridgehead atoms. The van der Waals surface area contributed by atoms with Crippen molar-refractivity contribution in [1.29, 1.82) is 0 Å². The van der Waals surface area contributed by atoms with Gasteiger partial charge in [0.15, 0.2) is 11.8 Å². The number of nitro groups is 1. The summed E-state index contributed by atoms with van der Waals surface area (Å²) in [6.07, 6.45) is -5.61. The number of hydrogen-bond acceptors (Lipinski definition) is 11. The number of aliphatic hydroxyl groups is 4. The van der Waals surface area contributed by atoms with Crippen molar-refractivity contribution < 1.29 is 34.7 Å². The molecular formula is C12H14N4O8. The van der Waals surface area contributed by atoms with Crippen molar-refractivity contribution in [3.63, 3.8) is 0 Å². The average molecular weight is 342 g/mol. The van der Waals surface area contributed by atoms with Crippen LogP contribution in [0.3, 0.4) is 0 Å². The maximum absolute atomic E-state index is 10.9. The third kappa shape index (κ3) is 2.65. The van der Waals surface area contributed by atoms with Gasteiger partial charge in [0.1, 0.15) is 24.4 Å². The van der Waals surface area contributed by atoms with Crippen molar-refractivity contribution in [2.24, 2.45) is 0 Å². The van der Waals surface area contributed by atoms with Gasteiger partial charge in [0.25, 0.3) is 0 Å². The zero-order chi connectivity index (χ0) is 17.4. The molecule has 130 valence electrons. The van der Waals surface area contributed by atoms with Crippen LogP contribution in [-0.4, -0.2) is 72.9 Å². The van der Waals surface area contributed by atoms with Gasteiger partial charge in [-0.15, -0.1) is 0 Å². The lowest BCUT2D eigenvalue weighted by Crippen LogP contribution is -2.61. The largest absolute Gasteiger partial charge is 0.394 e. The van der Waals surface area contributed by atoms with Crippen LogP contribution in [0.1, 0.15) is 0 Å². The Hall–Kier alpha value is -2.38. The fraction of sp³-hybridized carbons (Fsp3) is 0.500. The Morgan fingerprint density at radius 3 is 2.58 bits per heavy atom. The van der Waals surface area contributed by atoms with Crippen LogP contribution < -0.4 is 5.32 Å². The Morgan fingerprint density at radius 1 is 1.21 bits per heavy atom. The highest BCUT2D eigenvalue weighted by atomic mass is 16.6. The molecular weight excluding hydrogens is 328 g/mol. The monoisotopic (exact) mass is 342 g/mol. The Labute approximate surface area is 133 Å². The van der Waals surface area contributed by atoms with Gasteiger partial charge in [-0.25, -0.2) is 4.63 Å². The number of ether oxygens (including phenoxy) is 1. The maximum Gasteiger partial charge on any atom is 0.300 e. The van der Waals surface area contributed by atoms with Crippen LogP contribution >= 0.6 is 0 Å². The highest BCUT2D eigenvalue weighted by molar-refractivity contribution is 5.93. The molecule has 1 aromatic heterocycles. The van der Waals surface area contributed by atoms with E-state index in [-0.39, 0.29) is 22.4 Å². The molecule has 1 saturated heterocycles. The number of non-ortho nitro benzene ring substituents is 1. The quantitative estimate of drug-likeness (QED) is 0.316. The molecule has 1 aliphatic rings. The minimum atomic E-state index is -1.55. The van der Waals surface area contributed by atoms with E-state index in [2.05, 4.69) is 20.3 Å². The highest BCUT2D eigenvalue weighted by Gasteiger charge is 2.44. The first-order chi connectivity index (χ1) is 11.4. The fourth-order valence-electron chi connectivity index (χ4n) is 2.55. The molecule has 12 heteroatoms. The lowest BCUT2D eigenvalue weighted by molar-refractivity contribution is -0.383. The minimum absolute atomic E-state index is 0.0161. The van der Waals surface area contributed by atoms with Gasteiger partial charge in [0.05, 0.1) is 17.2 Å². The SMILES string of the molecule is O=[N+]([O-])c1ccc(N[C@H]2[C@@H](O)[C@H](O)[C@H](CO)O[C@H]2O)c2nonc12. The van der Waals surface area contributed by atoms with E-state index >= 15 is 0 Å². The minimum Gasteiger partial charge on any atom is -0.394 e. The topological polar surface area (TPSA) is 184 Å². The summed E-state index contributed by atoms with van der Waals surface area (Å²) in [7, 11) is 0. The van der Waals surface area contributed by atoms with Crippen LogP contribution in [0.5, 0.6) is 0 Å². The number of aliphatic hydroxyl groups excluding tert-OH is 4. The first-order valence-corrected chi connectivity index (χ1v) is 6.90. The standard InChI is InChI=1S/C12H14N4O8/c17-3-6-10(18)11(19)9(12(20)23-6)13-4-1-2-5(16(21)22)8-7(4)14-24-15-8/h1-2,6,9-13,17-20H,3H2/t6-,9-,10+,11+,12+/m0/s1. The zero-order valence-electron chi connectivity index (χ0n) is 12.0. The molecule has 1 aromatic carbocycles. The summed E-state index contributed by atoms with van der Waals surface area (Å²) in [6.45, 7) is -0.586. The van der Waals surface area contributed by atoms with Crippen LogP contribution in [0, 0.1) is 10.1 Å². The molecule has 0 saturated carbocycles. The summed E-state index contributed by atoms with van der Waals surface area (Å²) in [5.74, 6) is 0. The molecule has 1 aliphatic heterocycles. The van der Waals surface area contributed by atoms with Crippen LogP contribution in [0.25, 0.3) is 11.0 Å². The van der Waals surface area contributed by atoms with E-state index in [1.165, 1.54) is 6.07 Å². The average Bonchev–Trinajstić information content (AvgIpc) is 3.04. The second kappa shape index (κ2) is 6.26. The number of nitro benzene ring substituents is 1. The van der Waals surface area contributed by atoms with Crippen LogP contribution in [0.15, 0.2) is 16.8 Å². The van der Waals surface area contributed by atoms with E-state index < -0.39 is 42.2 Å². The van der Waals surface area contributed by atoms with Crippen molar-refractivity contribution in [3.05, 3.63) is 22.2 Å². The van der Waals surface area contributed by atoms with Gasteiger partial charge in [0, 0.05) is 6.07 Å². The molecule has 0 spiro atoms. The van der Waals surface area contributed by atoms with Crippen molar-refractivity contribution in [1.82, 2.24) is 10.3 Å². The number of anilines is 1. The molecule has 0 aliphatic carbocycles. The molecule has 5 atom stereocenters. The Bertz CT molecular complexity index is 752. The second-order valence-electron chi connectivity index (χ2n) is 5.25.